The van der Waals surface area contributed by atoms with E-state index in [2.05, 4.69) is 17.4 Å². The summed E-state index contributed by atoms with van der Waals surface area (Å²) in [6.07, 6.45) is 3.27. The lowest BCUT2D eigenvalue weighted by atomic mass is 10.0. The first kappa shape index (κ1) is 24.6. The van der Waals surface area contributed by atoms with Crippen LogP contribution in [0.5, 0.6) is 0 Å². The molecule has 4 rings (SSSR count). The summed E-state index contributed by atoms with van der Waals surface area (Å²) in [5.41, 5.74) is 4.73. The van der Waals surface area contributed by atoms with Crippen LogP contribution in [0, 0.1) is 6.92 Å². The van der Waals surface area contributed by atoms with Crippen molar-refractivity contribution in [2.45, 2.75) is 44.0 Å². The van der Waals surface area contributed by atoms with Gasteiger partial charge in [-0.2, -0.15) is 0 Å². The number of sulfonamides is 1. The summed E-state index contributed by atoms with van der Waals surface area (Å²) < 4.78 is 28.2. The lowest BCUT2D eigenvalue weighted by Gasteiger charge is -2.26. The fourth-order valence-corrected chi connectivity index (χ4v) is 6.06. The van der Waals surface area contributed by atoms with Gasteiger partial charge in [0.1, 0.15) is 6.54 Å². The summed E-state index contributed by atoms with van der Waals surface area (Å²) in [7, 11) is -4.08. The highest BCUT2D eigenvalue weighted by atomic mass is 35.5. The van der Waals surface area contributed by atoms with Crippen molar-refractivity contribution < 1.29 is 13.2 Å². The van der Waals surface area contributed by atoms with Gasteiger partial charge in [0.05, 0.1) is 26.7 Å². The van der Waals surface area contributed by atoms with Gasteiger partial charge in [-0.1, -0.05) is 65.2 Å². The molecular weight excluding hydrogens is 491 g/mol. The number of nitrogens with zero attached hydrogens (tertiary/aromatic N) is 1. The Morgan fingerprint density at radius 1 is 1.03 bits per heavy atom. The smallest absolute Gasteiger partial charge is 0.264 e. The Balaban J connectivity index is 1.62. The third-order valence-corrected chi connectivity index (χ3v) is 8.68. The van der Waals surface area contributed by atoms with E-state index in [1.807, 2.05) is 19.9 Å². The Morgan fingerprint density at radius 2 is 1.74 bits per heavy atom. The van der Waals surface area contributed by atoms with E-state index in [0.717, 1.165) is 34.7 Å². The van der Waals surface area contributed by atoms with Crippen LogP contribution in [0.2, 0.25) is 10.0 Å². The highest BCUT2D eigenvalue weighted by Gasteiger charge is 2.30. The standard InChI is InChI=1S/C26H26Cl2N2O3S/c1-17-9-13-22(14-10-17)34(32,33)30(24-8-4-7-23(27)26(24)28)16-25(31)29-18(2)20-12-11-19-5-3-6-21(19)15-20/h4,7-15,18H,3,5-6,16H2,1-2H3,(H,29,31)/t18-/m0/s1. The lowest BCUT2D eigenvalue weighted by Crippen LogP contribution is -2.41. The lowest BCUT2D eigenvalue weighted by molar-refractivity contribution is -0.120. The largest absolute Gasteiger partial charge is 0.348 e. The topological polar surface area (TPSA) is 66.5 Å². The molecular formula is C26H26Cl2N2O3S. The van der Waals surface area contributed by atoms with Gasteiger partial charge in [-0.05, 0) is 74.1 Å². The summed E-state index contributed by atoms with van der Waals surface area (Å²) >= 11 is 12.5. The minimum Gasteiger partial charge on any atom is -0.348 e. The number of carbonyl (C=O) groups excluding carboxylic acids is 1. The van der Waals surface area contributed by atoms with E-state index < -0.39 is 22.5 Å². The molecule has 0 radical (unpaired) electrons. The van der Waals surface area contributed by atoms with Crippen LogP contribution in [0.25, 0.3) is 0 Å². The number of nitrogens with one attached hydrogen (secondary N) is 1. The average molecular weight is 517 g/mol. The Labute approximate surface area is 210 Å². The first-order chi connectivity index (χ1) is 16.2. The Hall–Kier alpha value is -2.54. The van der Waals surface area contributed by atoms with Gasteiger partial charge in [0.15, 0.2) is 0 Å². The van der Waals surface area contributed by atoms with Gasteiger partial charge < -0.3 is 5.32 Å². The maximum absolute atomic E-state index is 13.6. The molecule has 0 saturated heterocycles. The summed E-state index contributed by atoms with van der Waals surface area (Å²) in [4.78, 5) is 13.1. The molecule has 1 N–H and O–H groups in total. The number of amides is 1. The van der Waals surface area contributed by atoms with Gasteiger partial charge in [-0.3, -0.25) is 9.10 Å². The van der Waals surface area contributed by atoms with Crippen molar-refractivity contribution in [3.8, 4) is 0 Å². The van der Waals surface area contributed by atoms with Crippen LogP contribution in [0.1, 0.15) is 41.6 Å². The second-order valence-corrected chi connectivity index (χ2v) is 11.2. The second-order valence-electron chi connectivity index (χ2n) is 8.57. The van der Waals surface area contributed by atoms with Crippen LogP contribution in [-0.4, -0.2) is 20.9 Å². The molecule has 0 saturated carbocycles. The van der Waals surface area contributed by atoms with Crippen LogP contribution < -0.4 is 9.62 Å². The van der Waals surface area contributed by atoms with Crippen molar-refractivity contribution in [1.29, 1.82) is 0 Å². The van der Waals surface area contributed by atoms with Gasteiger partial charge in [-0.15, -0.1) is 0 Å². The van der Waals surface area contributed by atoms with Crippen LogP contribution in [0.4, 0.5) is 5.69 Å². The highest BCUT2D eigenvalue weighted by molar-refractivity contribution is 7.92. The number of anilines is 1. The SMILES string of the molecule is Cc1ccc(S(=O)(=O)N(CC(=O)N[C@@H](C)c2ccc3c(c2)CCC3)c2cccc(Cl)c2Cl)cc1. The van der Waals surface area contributed by atoms with Gasteiger partial charge in [-0.25, -0.2) is 8.42 Å². The molecule has 1 amide bonds. The summed E-state index contributed by atoms with van der Waals surface area (Å²) in [5.74, 6) is -0.445. The first-order valence-corrected chi connectivity index (χ1v) is 13.3. The molecule has 3 aromatic rings. The van der Waals surface area contributed by atoms with E-state index in [9.17, 15) is 13.2 Å². The van der Waals surface area contributed by atoms with Crippen LogP contribution in [-0.2, 0) is 27.7 Å². The van der Waals surface area contributed by atoms with Crippen LogP contribution >= 0.6 is 23.2 Å². The fraction of sp³-hybridized carbons (Fsp3) is 0.269. The number of benzene rings is 3. The maximum atomic E-state index is 13.6. The molecule has 0 heterocycles. The normalized spacial score (nSPS) is 13.9. The summed E-state index contributed by atoms with van der Waals surface area (Å²) in [6, 6.07) is 17.1. The van der Waals surface area contributed by atoms with Crippen molar-refractivity contribution in [1.82, 2.24) is 5.32 Å². The van der Waals surface area contributed by atoms with Crippen LogP contribution in [0.15, 0.2) is 65.6 Å². The number of carbonyl (C=O) groups is 1. The van der Waals surface area contributed by atoms with Gasteiger partial charge in [0, 0.05) is 0 Å². The average Bonchev–Trinajstić information content (AvgIpc) is 3.28. The third-order valence-electron chi connectivity index (χ3n) is 6.10. The van der Waals surface area contributed by atoms with Crippen molar-refractivity contribution in [2.75, 3.05) is 10.8 Å². The number of aryl methyl sites for hydroxylation is 3. The Bertz CT molecular complexity index is 1320. The van der Waals surface area contributed by atoms with Gasteiger partial charge >= 0.3 is 0 Å². The molecule has 0 unspecified atom stereocenters. The quantitative estimate of drug-likeness (QED) is 0.427. The fourth-order valence-electron chi connectivity index (χ4n) is 4.18. The van der Waals surface area contributed by atoms with Gasteiger partial charge in [0.2, 0.25) is 5.91 Å². The zero-order valence-electron chi connectivity index (χ0n) is 19.0. The van der Waals surface area contributed by atoms with Crippen molar-refractivity contribution in [2.24, 2.45) is 0 Å². The number of fused-ring (bicyclic) bond motifs is 1. The predicted octanol–water partition coefficient (Wildman–Crippen LogP) is 5.86. The number of hydrogen-bond acceptors (Lipinski definition) is 3. The summed E-state index contributed by atoms with van der Waals surface area (Å²) in [6.45, 7) is 3.32. The van der Waals surface area contributed by atoms with E-state index in [1.165, 1.54) is 29.3 Å². The first-order valence-electron chi connectivity index (χ1n) is 11.1. The van der Waals surface area contributed by atoms with E-state index in [1.54, 1.807) is 24.3 Å². The number of hydrogen-bond donors (Lipinski definition) is 1. The van der Waals surface area contributed by atoms with Crippen LogP contribution in [0.3, 0.4) is 0 Å². The molecule has 178 valence electrons. The minimum atomic E-state index is -4.08. The number of rotatable bonds is 7. The van der Waals surface area contributed by atoms with E-state index in [0.29, 0.717) is 0 Å². The van der Waals surface area contributed by atoms with Crippen molar-refractivity contribution >= 4 is 44.8 Å². The molecule has 3 aromatic carbocycles. The second kappa shape index (κ2) is 9.98. The molecule has 1 atom stereocenters. The molecule has 5 nitrogen and oxygen atoms in total. The zero-order valence-corrected chi connectivity index (χ0v) is 21.3. The van der Waals surface area contributed by atoms with E-state index in [4.69, 9.17) is 23.2 Å². The van der Waals surface area contributed by atoms with Crippen molar-refractivity contribution in [3.05, 3.63) is 93.0 Å². The van der Waals surface area contributed by atoms with E-state index >= 15 is 0 Å². The molecule has 8 heteroatoms. The molecule has 1 aliphatic carbocycles. The highest BCUT2D eigenvalue weighted by Crippen LogP contribution is 2.35. The molecule has 0 spiro atoms. The third kappa shape index (κ3) is 5.09. The van der Waals surface area contributed by atoms with Crippen molar-refractivity contribution in [3.63, 3.8) is 0 Å². The zero-order chi connectivity index (χ0) is 24.5. The molecule has 1 aliphatic rings. The molecule has 0 aliphatic heterocycles. The van der Waals surface area contributed by atoms with Gasteiger partial charge in [0.25, 0.3) is 10.0 Å². The Morgan fingerprint density at radius 3 is 2.47 bits per heavy atom. The monoisotopic (exact) mass is 516 g/mol. The molecule has 0 fully saturated rings. The predicted molar refractivity (Wildman–Crippen MR) is 137 cm³/mol. The molecule has 34 heavy (non-hydrogen) atoms. The minimum absolute atomic E-state index is 0.0635. The van der Waals surface area contributed by atoms with E-state index in [-0.39, 0.29) is 26.7 Å². The molecule has 0 aromatic heterocycles. The molecule has 0 bridgehead atoms. The number of halogens is 2. The summed E-state index contributed by atoms with van der Waals surface area (Å²) in [5, 5.41) is 3.21. The Kier molecular flexibility index (Phi) is 7.22. The maximum Gasteiger partial charge on any atom is 0.264 e.